The first-order chi connectivity index (χ1) is 11.8. The third-order valence-corrected chi connectivity index (χ3v) is 5.99. The fourth-order valence-corrected chi connectivity index (χ4v) is 4.48. The van der Waals surface area contributed by atoms with Crippen LogP contribution in [0.15, 0.2) is 10.6 Å². The van der Waals surface area contributed by atoms with Crippen molar-refractivity contribution in [3.05, 3.63) is 10.6 Å². The molecule has 0 unspecified atom stereocenters. The summed E-state index contributed by atoms with van der Waals surface area (Å²) < 4.78 is 0. The molecule has 2 aliphatic rings. The lowest BCUT2D eigenvalue weighted by molar-refractivity contribution is -0.130. The zero-order chi connectivity index (χ0) is 18.6. The molecule has 0 aromatic heterocycles. The summed E-state index contributed by atoms with van der Waals surface area (Å²) in [5, 5.41) is 21.5. The van der Waals surface area contributed by atoms with Crippen LogP contribution >= 0.6 is 11.8 Å². The van der Waals surface area contributed by atoms with E-state index in [0.29, 0.717) is 10.6 Å². The number of carbonyl (C=O) groups excluding carboxylic acids is 2. The first kappa shape index (κ1) is 19.3. The van der Waals surface area contributed by atoms with E-state index in [4.69, 9.17) is 0 Å². The standard InChI is InChI=1S/C18H24N4O2S/c1-12(17(24)22-8-6-4-5-7-9-22)25-16-14(11-20)18(2,3)13(10-19)15(23)21-16/h12-13H,4-9H2,1-3H3,(H,21,23)/t12-,13+/m0/s1. The number of amides is 2. The molecule has 0 aliphatic carbocycles. The summed E-state index contributed by atoms with van der Waals surface area (Å²) in [6.45, 7) is 6.78. The predicted octanol–water partition coefficient (Wildman–Crippen LogP) is 2.54. The Balaban J connectivity index is 2.20. The van der Waals surface area contributed by atoms with Gasteiger partial charge in [0.1, 0.15) is 5.92 Å². The number of likely N-dealkylation sites (tertiary alicyclic amines) is 1. The number of hydrogen-bond donors (Lipinski definition) is 1. The number of nitriles is 2. The molecule has 1 N–H and O–H groups in total. The highest BCUT2D eigenvalue weighted by atomic mass is 32.2. The molecule has 0 spiro atoms. The molecule has 2 rings (SSSR count). The number of allylic oxidation sites excluding steroid dienone is 1. The van der Waals surface area contributed by atoms with E-state index >= 15 is 0 Å². The van der Waals surface area contributed by atoms with Crippen molar-refractivity contribution >= 4 is 23.6 Å². The van der Waals surface area contributed by atoms with Crippen LogP contribution in [0.1, 0.15) is 46.5 Å². The maximum atomic E-state index is 12.7. The van der Waals surface area contributed by atoms with E-state index < -0.39 is 22.5 Å². The second-order valence-corrected chi connectivity index (χ2v) is 8.44. The first-order valence-electron chi connectivity index (χ1n) is 8.63. The molecule has 0 saturated carbocycles. The molecule has 2 amide bonds. The average molecular weight is 360 g/mol. The molecule has 0 radical (unpaired) electrons. The molecule has 6 nitrogen and oxygen atoms in total. The monoisotopic (exact) mass is 360 g/mol. The summed E-state index contributed by atoms with van der Waals surface area (Å²) in [5.41, 5.74) is -0.515. The van der Waals surface area contributed by atoms with Crippen molar-refractivity contribution in [3.8, 4) is 12.1 Å². The van der Waals surface area contributed by atoms with Gasteiger partial charge in [-0.05, 0) is 19.8 Å². The largest absolute Gasteiger partial charge is 0.342 e. The van der Waals surface area contributed by atoms with Crippen LogP contribution in [-0.2, 0) is 9.59 Å². The summed E-state index contributed by atoms with van der Waals surface area (Å²) >= 11 is 1.20. The Bertz CT molecular complexity index is 664. The Morgan fingerprint density at radius 2 is 1.88 bits per heavy atom. The number of rotatable bonds is 3. The lowest BCUT2D eigenvalue weighted by Crippen LogP contribution is -2.45. The van der Waals surface area contributed by atoms with Crippen molar-refractivity contribution in [2.45, 2.75) is 51.7 Å². The Kier molecular flexibility index (Phi) is 6.13. The van der Waals surface area contributed by atoms with Crippen LogP contribution in [0.25, 0.3) is 0 Å². The molecule has 1 fully saturated rings. The highest BCUT2D eigenvalue weighted by molar-refractivity contribution is 8.04. The molecule has 0 aromatic carbocycles. The van der Waals surface area contributed by atoms with Crippen molar-refractivity contribution in [3.63, 3.8) is 0 Å². The van der Waals surface area contributed by atoms with Gasteiger partial charge in [0.05, 0.1) is 28.0 Å². The zero-order valence-corrected chi connectivity index (χ0v) is 15.8. The highest BCUT2D eigenvalue weighted by Gasteiger charge is 2.45. The minimum Gasteiger partial charge on any atom is -0.342 e. The van der Waals surface area contributed by atoms with Gasteiger partial charge in [0.15, 0.2) is 0 Å². The first-order valence-corrected chi connectivity index (χ1v) is 9.51. The maximum Gasteiger partial charge on any atom is 0.243 e. The molecule has 2 heterocycles. The molecular formula is C18H24N4O2S. The minimum atomic E-state index is -0.914. The van der Waals surface area contributed by atoms with Crippen molar-refractivity contribution in [1.82, 2.24) is 10.2 Å². The van der Waals surface area contributed by atoms with Gasteiger partial charge in [-0.3, -0.25) is 9.59 Å². The number of nitrogens with zero attached hydrogens (tertiary/aromatic N) is 3. The van der Waals surface area contributed by atoms with E-state index in [9.17, 15) is 20.1 Å². The van der Waals surface area contributed by atoms with E-state index in [0.717, 1.165) is 38.8 Å². The van der Waals surface area contributed by atoms with Crippen LogP contribution in [0, 0.1) is 34.0 Å². The fraction of sp³-hybridized carbons (Fsp3) is 0.667. The Labute approximate surface area is 153 Å². The van der Waals surface area contributed by atoms with E-state index in [1.54, 1.807) is 20.8 Å². The molecule has 0 aromatic rings. The lowest BCUT2D eigenvalue weighted by atomic mass is 9.72. The van der Waals surface area contributed by atoms with Crippen LogP contribution in [0.3, 0.4) is 0 Å². The summed E-state index contributed by atoms with van der Waals surface area (Å²) in [7, 11) is 0. The summed E-state index contributed by atoms with van der Waals surface area (Å²) in [6.07, 6.45) is 4.33. The van der Waals surface area contributed by atoms with E-state index in [2.05, 4.69) is 11.4 Å². The normalized spacial score (nSPS) is 24.6. The molecule has 0 bridgehead atoms. The molecule has 2 aliphatic heterocycles. The van der Waals surface area contributed by atoms with Gasteiger partial charge >= 0.3 is 0 Å². The van der Waals surface area contributed by atoms with Crippen molar-refractivity contribution in [2.24, 2.45) is 11.3 Å². The van der Waals surface area contributed by atoms with Crippen molar-refractivity contribution in [1.29, 1.82) is 10.5 Å². The number of hydrogen-bond acceptors (Lipinski definition) is 5. The van der Waals surface area contributed by atoms with Crippen LogP contribution < -0.4 is 5.32 Å². The SMILES string of the molecule is C[C@H](SC1=C(C#N)C(C)(C)[C@H](C#N)C(=O)N1)C(=O)N1CCCCCC1. The van der Waals surface area contributed by atoms with Crippen molar-refractivity contribution < 1.29 is 9.59 Å². The Morgan fingerprint density at radius 3 is 2.40 bits per heavy atom. The van der Waals surface area contributed by atoms with Gasteiger partial charge < -0.3 is 10.2 Å². The maximum absolute atomic E-state index is 12.7. The predicted molar refractivity (Wildman–Crippen MR) is 95.8 cm³/mol. The third-order valence-electron chi connectivity index (χ3n) is 4.89. The Morgan fingerprint density at radius 1 is 1.28 bits per heavy atom. The second kappa shape index (κ2) is 7.93. The molecular weight excluding hydrogens is 336 g/mol. The molecule has 1 saturated heterocycles. The zero-order valence-electron chi connectivity index (χ0n) is 15.0. The third kappa shape index (κ3) is 3.99. The van der Waals surface area contributed by atoms with Crippen LogP contribution in [0.2, 0.25) is 0 Å². The number of nitrogens with one attached hydrogen (secondary N) is 1. The molecule has 25 heavy (non-hydrogen) atoms. The van der Waals surface area contributed by atoms with Gasteiger partial charge in [0, 0.05) is 18.5 Å². The van der Waals surface area contributed by atoms with E-state index in [1.807, 2.05) is 11.0 Å². The summed E-state index contributed by atoms with van der Waals surface area (Å²) in [4.78, 5) is 26.8. The number of carbonyl (C=O) groups is 2. The lowest BCUT2D eigenvalue weighted by Gasteiger charge is -2.35. The molecule has 7 heteroatoms. The molecule has 2 atom stereocenters. The topological polar surface area (TPSA) is 97.0 Å². The van der Waals surface area contributed by atoms with Crippen LogP contribution in [-0.4, -0.2) is 35.1 Å². The van der Waals surface area contributed by atoms with Gasteiger partial charge in [-0.1, -0.05) is 38.5 Å². The van der Waals surface area contributed by atoms with Gasteiger partial charge in [0.2, 0.25) is 11.8 Å². The van der Waals surface area contributed by atoms with E-state index in [1.165, 1.54) is 11.8 Å². The number of thioether (sulfide) groups is 1. The quantitative estimate of drug-likeness (QED) is 0.834. The van der Waals surface area contributed by atoms with Gasteiger partial charge in [-0.15, -0.1) is 0 Å². The minimum absolute atomic E-state index is 0.0335. The highest BCUT2D eigenvalue weighted by Crippen LogP contribution is 2.42. The van der Waals surface area contributed by atoms with Gasteiger partial charge in [-0.25, -0.2) is 0 Å². The van der Waals surface area contributed by atoms with Gasteiger partial charge in [0.25, 0.3) is 0 Å². The van der Waals surface area contributed by atoms with E-state index in [-0.39, 0.29) is 5.91 Å². The second-order valence-electron chi connectivity index (χ2n) is 7.09. The summed E-state index contributed by atoms with van der Waals surface area (Å²) in [6, 6.07) is 4.11. The Hall–Kier alpha value is -1.99. The smallest absolute Gasteiger partial charge is 0.243 e. The van der Waals surface area contributed by atoms with Gasteiger partial charge in [-0.2, -0.15) is 10.5 Å². The van der Waals surface area contributed by atoms with Crippen LogP contribution in [0.5, 0.6) is 0 Å². The van der Waals surface area contributed by atoms with Crippen molar-refractivity contribution in [2.75, 3.05) is 13.1 Å². The fourth-order valence-electron chi connectivity index (χ4n) is 3.29. The molecule has 134 valence electrons. The van der Waals surface area contributed by atoms with Crippen LogP contribution in [0.4, 0.5) is 0 Å². The summed E-state index contributed by atoms with van der Waals surface area (Å²) in [5.74, 6) is -1.29. The average Bonchev–Trinajstić information content (AvgIpc) is 2.83.